The van der Waals surface area contributed by atoms with Gasteiger partial charge in [-0.2, -0.15) is 0 Å². The first-order valence-corrected chi connectivity index (χ1v) is 6.26. The van der Waals surface area contributed by atoms with Gasteiger partial charge in [0.05, 0.1) is 0 Å². The lowest BCUT2D eigenvalue weighted by Gasteiger charge is -2.02. The van der Waals surface area contributed by atoms with Crippen molar-refractivity contribution in [2.45, 2.75) is 6.92 Å². The van der Waals surface area contributed by atoms with Crippen LogP contribution in [0.5, 0.6) is 0 Å². The number of aryl methyl sites for hydroxylation is 1. The second kappa shape index (κ2) is 4.52. The van der Waals surface area contributed by atoms with E-state index < -0.39 is 0 Å². The highest BCUT2D eigenvalue weighted by molar-refractivity contribution is 6.31. The summed E-state index contributed by atoms with van der Waals surface area (Å²) in [5.41, 5.74) is 3.06. The van der Waals surface area contributed by atoms with Gasteiger partial charge in [-0.25, -0.2) is 0 Å². The first kappa shape index (κ1) is 11.9. The van der Waals surface area contributed by atoms with Crippen LogP contribution in [0.25, 0.3) is 10.9 Å². The minimum atomic E-state index is -0.0287. The highest BCUT2D eigenvalue weighted by Gasteiger charge is 2.14. The molecule has 0 bridgehead atoms. The van der Waals surface area contributed by atoms with Crippen LogP contribution in [0.3, 0.4) is 0 Å². The minimum absolute atomic E-state index is 0.0287. The molecule has 0 aliphatic heterocycles. The van der Waals surface area contributed by atoms with Crippen LogP contribution in [0.15, 0.2) is 42.9 Å². The molecule has 1 N–H and O–H groups in total. The van der Waals surface area contributed by atoms with E-state index in [1.54, 1.807) is 36.8 Å². The molecule has 0 fully saturated rings. The van der Waals surface area contributed by atoms with E-state index in [4.69, 9.17) is 11.6 Å². The van der Waals surface area contributed by atoms with E-state index in [-0.39, 0.29) is 5.78 Å². The van der Waals surface area contributed by atoms with Gasteiger partial charge in [-0.15, -0.1) is 0 Å². The van der Waals surface area contributed by atoms with Crippen molar-refractivity contribution in [2.75, 3.05) is 0 Å². The quantitative estimate of drug-likeness (QED) is 0.721. The van der Waals surface area contributed by atoms with Crippen LogP contribution in [-0.4, -0.2) is 15.8 Å². The van der Waals surface area contributed by atoms with Gasteiger partial charge in [0, 0.05) is 45.6 Å². The predicted octanol–water partition coefficient (Wildman–Crippen LogP) is 3.76. The first-order chi connectivity index (χ1) is 9.16. The van der Waals surface area contributed by atoms with Gasteiger partial charge in [0.25, 0.3) is 0 Å². The Labute approximate surface area is 115 Å². The number of carbonyl (C=O) groups is 1. The number of halogens is 1. The van der Waals surface area contributed by atoms with Crippen molar-refractivity contribution in [1.29, 1.82) is 0 Å². The average Bonchev–Trinajstić information content (AvgIpc) is 2.85. The zero-order chi connectivity index (χ0) is 13.4. The molecule has 0 atom stereocenters. The highest BCUT2D eigenvalue weighted by atomic mass is 35.5. The van der Waals surface area contributed by atoms with Crippen LogP contribution in [-0.2, 0) is 0 Å². The topological polar surface area (TPSA) is 45.8 Å². The van der Waals surface area contributed by atoms with Gasteiger partial charge in [0.1, 0.15) is 0 Å². The van der Waals surface area contributed by atoms with Crippen molar-refractivity contribution in [2.24, 2.45) is 0 Å². The molecule has 0 saturated heterocycles. The number of nitrogens with zero attached hydrogens (tertiary/aromatic N) is 1. The Hall–Kier alpha value is -2.13. The van der Waals surface area contributed by atoms with Crippen molar-refractivity contribution in [1.82, 2.24) is 9.97 Å². The van der Waals surface area contributed by atoms with Crippen molar-refractivity contribution in [3.8, 4) is 0 Å². The van der Waals surface area contributed by atoms with Gasteiger partial charge < -0.3 is 4.98 Å². The fourth-order valence-corrected chi connectivity index (χ4v) is 2.21. The van der Waals surface area contributed by atoms with E-state index in [1.807, 2.05) is 13.0 Å². The number of rotatable bonds is 2. The van der Waals surface area contributed by atoms with E-state index in [0.717, 1.165) is 16.5 Å². The molecule has 0 aliphatic carbocycles. The molecule has 4 heteroatoms. The molecule has 94 valence electrons. The van der Waals surface area contributed by atoms with Crippen LogP contribution in [0.2, 0.25) is 5.02 Å². The molecule has 0 amide bonds. The summed E-state index contributed by atoms with van der Waals surface area (Å²) in [6.07, 6.45) is 5.11. The van der Waals surface area contributed by atoms with Crippen LogP contribution < -0.4 is 0 Å². The summed E-state index contributed by atoms with van der Waals surface area (Å²) in [6, 6.07) is 7.14. The molecular weight excluding hydrogens is 260 g/mol. The normalized spacial score (nSPS) is 10.8. The third-order valence-electron chi connectivity index (χ3n) is 3.15. The van der Waals surface area contributed by atoms with Crippen LogP contribution in [0, 0.1) is 6.92 Å². The third kappa shape index (κ3) is 2.02. The Kier molecular flexibility index (Phi) is 2.84. The van der Waals surface area contributed by atoms with E-state index in [2.05, 4.69) is 9.97 Å². The van der Waals surface area contributed by atoms with E-state index >= 15 is 0 Å². The summed E-state index contributed by atoms with van der Waals surface area (Å²) in [5, 5.41) is 1.50. The van der Waals surface area contributed by atoms with Crippen molar-refractivity contribution in [3.63, 3.8) is 0 Å². The van der Waals surface area contributed by atoms with Crippen molar-refractivity contribution >= 4 is 28.3 Å². The highest BCUT2D eigenvalue weighted by Crippen LogP contribution is 2.22. The summed E-state index contributed by atoms with van der Waals surface area (Å²) < 4.78 is 0. The standard InChI is InChI=1S/C15H11ClN2O/c1-9-6-10(2-3-13(9)16)15(19)12-8-18-14-4-5-17-7-11(12)14/h2-8,18H,1H3. The van der Waals surface area contributed by atoms with Crippen LogP contribution in [0.4, 0.5) is 0 Å². The molecule has 0 spiro atoms. The number of ketones is 1. The molecule has 3 aromatic rings. The van der Waals surface area contributed by atoms with Crippen molar-refractivity contribution < 1.29 is 4.79 Å². The second-order valence-electron chi connectivity index (χ2n) is 4.42. The Morgan fingerprint density at radius 1 is 1.32 bits per heavy atom. The largest absolute Gasteiger partial charge is 0.360 e. The van der Waals surface area contributed by atoms with Crippen LogP contribution >= 0.6 is 11.6 Å². The average molecular weight is 271 g/mol. The first-order valence-electron chi connectivity index (χ1n) is 5.89. The summed E-state index contributed by atoms with van der Waals surface area (Å²) in [5.74, 6) is -0.0287. The number of nitrogens with one attached hydrogen (secondary N) is 1. The Morgan fingerprint density at radius 3 is 2.95 bits per heavy atom. The fourth-order valence-electron chi connectivity index (χ4n) is 2.09. The number of fused-ring (bicyclic) bond motifs is 1. The smallest absolute Gasteiger partial charge is 0.195 e. The molecule has 0 unspecified atom stereocenters. The summed E-state index contributed by atoms with van der Waals surface area (Å²) in [7, 11) is 0. The van der Waals surface area contributed by atoms with Gasteiger partial charge in [0.2, 0.25) is 0 Å². The third-order valence-corrected chi connectivity index (χ3v) is 3.57. The molecular formula is C15H11ClN2O. The number of hydrogen-bond acceptors (Lipinski definition) is 2. The number of aromatic amines is 1. The van der Waals surface area contributed by atoms with Gasteiger partial charge >= 0.3 is 0 Å². The van der Waals surface area contributed by atoms with E-state index in [0.29, 0.717) is 16.1 Å². The van der Waals surface area contributed by atoms with E-state index in [9.17, 15) is 4.79 Å². The number of pyridine rings is 1. The molecule has 0 saturated carbocycles. The molecule has 0 aliphatic rings. The zero-order valence-corrected chi connectivity index (χ0v) is 11.0. The summed E-state index contributed by atoms with van der Waals surface area (Å²) >= 11 is 5.98. The number of H-pyrrole nitrogens is 1. The number of carbonyl (C=O) groups excluding carboxylic acids is 1. The van der Waals surface area contributed by atoms with Gasteiger partial charge in [-0.05, 0) is 36.8 Å². The zero-order valence-electron chi connectivity index (χ0n) is 10.3. The van der Waals surface area contributed by atoms with Crippen LogP contribution in [0.1, 0.15) is 21.5 Å². The maximum absolute atomic E-state index is 12.5. The van der Waals surface area contributed by atoms with E-state index in [1.165, 1.54) is 0 Å². The number of aromatic nitrogens is 2. The fraction of sp³-hybridized carbons (Fsp3) is 0.0667. The maximum Gasteiger partial charge on any atom is 0.195 e. The lowest BCUT2D eigenvalue weighted by atomic mass is 10.0. The second-order valence-corrected chi connectivity index (χ2v) is 4.82. The Bertz CT molecular complexity index is 777. The molecule has 3 nitrogen and oxygen atoms in total. The maximum atomic E-state index is 12.5. The monoisotopic (exact) mass is 270 g/mol. The molecule has 2 heterocycles. The Morgan fingerprint density at radius 2 is 2.16 bits per heavy atom. The lowest BCUT2D eigenvalue weighted by Crippen LogP contribution is -2.00. The summed E-state index contributed by atoms with van der Waals surface area (Å²) in [4.78, 5) is 19.6. The van der Waals surface area contributed by atoms with Gasteiger partial charge in [-0.3, -0.25) is 9.78 Å². The predicted molar refractivity (Wildman–Crippen MR) is 75.7 cm³/mol. The molecule has 2 aromatic heterocycles. The van der Waals surface area contributed by atoms with Gasteiger partial charge in [-0.1, -0.05) is 11.6 Å². The molecule has 1 aromatic carbocycles. The number of hydrogen-bond donors (Lipinski definition) is 1. The molecule has 19 heavy (non-hydrogen) atoms. The number of benzene rings is 1. The Balaban J connectivity index is 2.11. The summed E-state index contributed by atoms with van der Waals surface area (Å²) in [6.45, 7) is 1.88. The molecule has 0 radical (unpaired) electrons. The SMILES string of the molecule is Cc1cc(C(=O)c2c[nH]c3ccncc23)ccc1Cl. The van der Waals surface area contributed by atoms with Crippen molar-refractivity contribution in [3.05, 3.63) is 64.6 Å². The molecule has 3 rings (SSSR count). The lowest BCUT2D eigenvalue weighted by molar-refractivity contribution is 0.104. The van der Waals surface area contributed by atoms with Gasteiger partial charge in [0.15, 0.2) is 5.78 Å². The minimum Gasteiger partial charge on any atom is -0.360 e.